The summed E-state index contributed by atoms with van der Waals surface area (Å²) >= 11 is 0. The van der Waals surface area contributed by atoms with E-state index in [1.54, 1.807) is 0 Å². The summed E-state index contributed by atoms with van der Waals surface area (Å²) in [5.74, 6) is 1.75. The van der Waals surface area contributed by atoms with Crippen LogP contribution >= 0.6 is 0 Å². The van der Waals surface area contributed by atoms with E-state index in [0.29, 0.717) is 13.2 Å². The molecule has 1 fully saturated rings. The maximum Gasteiger partial charge on any atom is 0.123 e. The lowest BCUT2D eigenvalue weighted by Gasteiger charge is -2.21. The molecule has 0 radical (unpaired) electrons. The van der Waals surface area contributed by atoms with E-state index in [1.165, 1.54) is 37.7 Å². The first-order valence-electron chi connectivity index (χ1n) is 8.39. The molecule has 0 aromatic heterocycles. The molecule has 1 aliphatic carbocycles. The van der Waals surface area contributed by atoms with Crippen molar-refractivity contribution in [2.75, 3.05) is 26.4 Å². The van der Waals surface area contributed by atoms with Gasteiger partial charge in [0.1, 0.15) is 12.4 Å². The lowest BCUT2D eigenvalue weighted by molar-refractivity contribution is 0.0633. The summed E-state index contributed by atoms with van der Waals surface area (Å²) in [6, 6.07) is 8.22. The first-order valence-corrected chi connectivity index (χ1v) is 8.39. The first kappa shape index (κ1) is 16.3. The molecule has 1 saturated carbocycles. The molecule has 1 aliphatic rings. The van der Waals surface area contributed by atoms with Crippen LogP contribution in [-0.2, 0) is 11.3 Å². The van der Waals surface area contributed by atoms with Gasteiger partial charge >= 0.3 is 0 Å². The van der Waals surface area contributed by atoms with E-state index in [0.717, 1.165) is 31.4 Å². The monoisotopic (exact) mass is 291 g/mol. The molecule has 0 heterocycles. The van der Waals surface area contributed by atoms with E-state index in [4.69, 9.17) is 9.47 Å². The maximum atomic E-state index is 5.86. The van der Waals surface area contributed by atoms with Crippen LogP contribution in [0.3, 0.4) is 0 Å². The summed E-state index contributed by atoms with van der Waals surface area (Å²) in [5.41, 5.74) is 1.21. The molecule has 3 nitrogen and oxygen atoms in total. The van der Waals surface area contributed by atoms with E-state index in [2.05, 4.69) is 24.4 Å². The molecule has 1 N–H and O–H groups in total. The Balaban J connectivity index is 1.63. The highest BCUT2D eigenvalue weighted by Gasteiger charge is 2.13. The quantitative estimate of drug-likeness (QED) is 0.703. The minimum absolute atomic E-state index is 0.635. The van der Waals surface area contributed by atoms with Gasteiger partial charge in [-0.05, 0) is 31.4 Å². The van der Waals surface area contributed by atoms with E-state index < -0.39 is 0 Å². The number of hydrogen-bond donors (Lipinski definition) is 1. The molecular weight excluding hydrogens is 262 g/mol. The Kier molecular flexibility index (Phi) is 7.61. The first-order chi connectivity index (χ1) is 10.4. The fourth-order valence-corrected chi connectivity index (χ4v) is 2.86. The van der Waals surface area contributed by atoms with Crippen molar-refractivity contribution in [3.63, 3.8) is 0 Å². The smallest absolute Gasteiger partial charge is 0.123 e. The lowest BCUT2D eigenvalue weighted by atomic mass is 9.90. The van der Waals surface area contributed by atoms with Crippen molar-refractivity contribution in [3.05, 3.63) is 29.8 Å². The number of ether oxygens (including phenoxy) is 2. The number of hydrogen-bond acceptors (Lipinski definition) is 3. The third-order valence-corrected chi connectivity index (χ3v) is 4.10. The van der Waals surface area contributed by atoms with Gasteiger partial charge in [-0.2, -0.15) is 0 Å². The zero-order valence-corrected chi connectivity index (χ0v) is 13.3. The van der Waals surface area contributed by atoms with Gasteiger partial charge in [0.25, 0.3) is 0 Å². The Hall–Kier alpha value is -1.06. The predicted octanol–water partition coefficient (Wildman–Crippen LogP) is 3.77. The van der Waals surface area contributed by atoms with Crippen molar-refractivity contribution < 1.29 is 9.47 Å². The lowest BCUT2D eigenvalue weighted by Crippen LogP contribution is -2.17. The van der Waals surface area contributed by atoms with Crippen molar-refractivity contribution in [1.82, 2.24) is 5.32 Å². The Morgan fingerprint density at radius 3 is 2.71 bits per heavy atom. The third kappa shape index (κ3) is 6.06. The largest absolute Gasteiger partial charge is 0.491 e. The molecule has 1 aromatic rings. The van der Waals surface area contributed by atoms with Gasteiger partial charge in [0.05, 0.1) is 6.61 Å². The van der Waals surface area contributed by atoms with Gasteiger partial charge < -0.3 is 14.8 Å². The summed E-state index contributed by atoms with van der Waals surface area (Å²) < 4.78 is 11.6. The molecule has 1 aromatic carbocycles. The molecular formula is C18H29NO2. The van der Waals surface area contributed by atoms with Crippen LogP contribution in [0.25, 0.3) is 0 Å². The molecule has 0 bridgehead atoms. The summed E-state index contributed by atoms with van der Waals surface area (Å²) in [7, 11) is 0. The van der Waals surface area contributed by atoms with Gasteiger partial charge in [-0.3, -0.25) is 0 Å². The zero-order chi connectivity index (χ0) is 14.8. The van der Waals surface area contributed by atoms with Gasteiger partial charge in [-0.1, -0.05) is 44.4 Å². The van der Waals surface area contributed by atoms with Crippen LogP contribution in [0.4, 0.5) is 0 Å². The average molecular weight is 291 g/mol. The molecule has 0 unspecified atom stereocenters. The Morgan fingerprint density at radius 2 is 1.90 bits per heavy atom. The van der Waals surface area contributed by atoms with Crippen molar-refractivity contribution in [3.8, 4) is 5.75 Å². The Morgan fingerprint density at radius 1 is 1.10 bits per heavy atom. The Bertz CT molecular complexity index is 389. The number of nitrogens with one attached hydrogen (secondary N) is 1. The topological polar surface area (TPSA) is 30.5 Å². The van der Waals surface area contributed by atoms with Crippen LogP contribution in [0.2, 0.25) is 0 Å². The zero-order valence-electron chi connectivity index (χ0n) is 13.3. The van der Waals surface area contributed by atoms with Gasteiger partial charge in [-0.15, -0.1) is 0 Å². The van der Waals surface area contributed by atoms with Crippen LogP contribution in [0.1, 0.15) is 44.6 Å². The number of para-hydroxylation sites is 1. The van der Waals surface area contributed by atoms with E-state index >= 15 is 0 Å². The highest BCUT2D eigenvalue weighted by atomic mass is 16.5. The summed E-state index contributed by atoms with van der Waals surface area (Å²) in [6.07, 6.45) is 6.84. The number of benzene rings is 1. The minimum Gasteiger partial charge on any atom is -0.491 e. The summed E-state index contributed by atoms with van der Waals surface area (Å²) in [5, 5.41) is 3.34. The van der Waals surface area contributed by atoms with Gasteiger partial charge in [0, 0.05) is 18.7 Å². The van der Waals surface area contributed by atoms with E-state index in [-0.39, 0.29) is 0 Å². The maximum absolute atomic E-state index is 5.86. The molecule has 2 rings (SSSR count). The molecule has 118 valence electrons. The van der Waals surface area contributed by atoms with Gasteiger partial charge in [-0.25, -0.2) is 0 Å². The second-order valence-corrected chi connectivity index (χ2v) is 5.82. The second-order valence-electron chi connectivity index (χ2n) is 5.82. The molecule has 0 saturated heterocycles. The van der Waals surface area contributed by atoms with Crippen LogP contribution < -0.4 is 10.1 Å². The molecule has 0 amide bonds. The van der Waals surface area contributed by atoms with Crippen molar-refractivity contribution in [1.29, 1.82) is 0 Å². The fraction of sp³-hybridized carbons (Fsp3) is 0.667. The molecule has 0 aliphatic heterocycles. The molecule has 21 heavy (non-hydrogen) atoms. The van der Waals surface area contributed by atoms with E-state index in [1.807, 2.05) is 12.1 Å². The SMILES string of the molecule is CCNCc1ccccc1OCCOCC1CCCCC1. The fourth-order valence-electron chi connectivity index (χ4n) is 2.86. The van der Waals surface area contributed by atoms with Crippen molar-refractivity contribution in [2.24, 2.45) is 5.92 Å². The molecule has 0 spiro atoms. The minimum atomic E-state index is 0.635. The normalized spacial score (nSPS) is 16.0. The average Bonchev–Trinajstić information content (AvgIpc) is 2.54. The summed E-state index contributed by atoms with van der Waals surface area (Å²) in [6.45, 7) is 6.17. The Labute approximate surface area is 129 Å². The van der Waals surface area contributed by atoms with Crippen LogP contribution in [-0.4, -0.2) is 26.4 Å². The van der Waals surface area contributed by atoms with Crippen LogP contribution in [0.15, 0.2) is 24.3 Å². The van der Waals surface area contributed by atoms with Gasteiger partial charge in [0.15, 0.2) is 0 Å². The van der Waals surface area contributed by atoms with Gasteiger partial charge in [0.2, 0.25) is 0 Å². The van der Waals surface area contributed by atoms with Crippen LogP contribution in [0, 0.1) is 5.92 Å². The third-order valence-electron chi connectivity index (χ3n) is 4.10. The molecule has 0 atom stereocenters. The van der Waals surface area contributed by atoms with Crippen molar-refractivity contribution in [2.45, 2.75) is 45.6 Å². The van der Waals surface area contributed by atoms with Crippen molar-refractivity contribution >= 4 is 0 Å². The standard InChI is InChI=1S/C18H29NO2/c1-2-19-14-17-10-6-7-11-18(17)21-13-12-20-15-16-8-4-3-5-9-16/h6-7,10-11,16,19H,2-5,8-9,12-15H2,1H3. The van der Waals surface area contributed by atoms with E-state index in [9.17, 15) is 0 Å². The summed E-state index contributed by atoms with van der Waals surface area (Å²) in [4.78, 5) is 0. The highest BCUT2D eigenvalue weighted by Crippen LogP contribution is 2.23. The highest BCUT2D eigenvalue weighted by molar-refractivity contribution is 5.33. The predicted molar refractivity (Wildman–Crippen MR) is 86.7 cm³/mol. The second kappa shape index (κ2) is 9.80. The van der Waals surface area contributed by atoms with Crippen LogP contribution in [0.5, 0.6) is 5.75 Å². The number of rotatable bonds is 9. The molecule has 3 heteroatoms.